The van der Waals surface area contributed by atoms with Crippen LogP contribution in [0.5, 0.6) is 0 Å². The third kappa shape index (κ3) is 4.17. The van der Waals surface area contributed by atoms with Crippen LogP contribution in [-0.4, -0.2) is 37.3 Å². The van der Waals surface area contributed by atoms with E-state index in [2.05, 4.69) is 20.9 Å². The second-order valence-corrected chi connectivity index (χ2v) is 11.5. The van der Waals surface area contributed by atoms with Crippen molar-refractivity contribution in [2.75, 3.05) is 13.4 Å². The smallest absolute Gasteiger partial charge is 0.348 e. The van der Waals surface area contributed by atoms with Gasteiger partial charge in [-0.25, -0.2) is 18.2 Å². The molecule has 0 aliphatic carbocycles. The van der Waals surface area contributed by atoms with Crippen LogP contribution in [0.4, 0.5) is 0 Å². The zero-order valence-electron chi connectivity index (χ0n) is 16.5. The molecule has 4 rings (SSSR count). The van der Waals surface area contributed by atoms with Gasteiger partial charge in [0.1, 0.15) is 4.88 Å². The van der Waals surface area contributed by atoms with Gasteiger partial charge in [0.15, 0.2) is 0 Å². The number of thioether (sulfide) groups is 1. The first-order chi connectivity index (χ1) is 14.8. The zero-order chi connectivity index (χ0) is 22.2. The van der Waals surface area contributed by atoms with E-state index in [1.165, 1.54) is 24.9 Å². The minimum Gasteiger partial charge on any atom is -0.465 e. The molecule has 2 heterocycles. The van der Waals surface area contributed by atoms with Crippen molar-refractivity contribution in [1.82, 2.24) is 9.55 Å². The van der Waals surface area contributed by atoms with Crippen LogP contribution >= 0.6 is 39.0 Å². The standard InChI is InChI=1S/C21H17BrN2O4S3/c1-28-20(25)17-10-18(21(29-2)30-17)31(26,27)14-8-15(22)19-16(9-14)23-12-24(19)11-13-6-4-3-5-7-13/h3-10,12H,11H2,1-2H3. The Kier molecular flexibility index (Phi) is 6.25. The van der Waals surface area contributed by atoms with Gasteiger partial charge in [-0.2, -0.15) is 0 Å². The first-order valence-electron chi connectivity index (χ1n) is 9.04. The molecule has 31 heavy (non-hydrogen) atoms. The van der Waals surface area contributed by atoms with Crippen molar-refractivity contribution in [1.29, 1.82) is 0 Å². The molecule has 0 bridgehead atoms. The molecule has 0 aliphatic rings. The van der Waals surface area contributed by atoms with E-state index in [0.29, 0.717) is 20.7 Å². The zero-order valence-corrected chi connectivity index (χ0v) is 20.6. The number of imidazole rings is 1. The maximum Gasteiger partial charge on any atom is 0.348 e. The summed E-state index contributed by atoms with van der Waals surface area (Å²) >= 11 is 5.91. The summed E-state index contributed by atoms with van der Waals surface area (Å²) in [6.45, 7) is 0.617. The molecule has 0 unspecified atom stereocenters. The number of esters is 1. The molecule has 0 N–H and O–H groups in total. The fourth-order valence-corrected chi connectivity index (χ4v) is 7.99. The summed E-state index contributed by atoms with van der Waals surface area (Å²) in [5.74, 6) is -0.557. The van der Waals surface area contributed by atoms with Crippen molar-refractivity contribution in [3.8, 4) is 0 Å². The van der Waals surface area contributed by atoms with E-state index in [-0.39, 0.29) is 14.7 Å². The Morgan fingerprint density at radius 3 is 2.65 bits per heavy atom. The maximum atomic E-state index is 13.4. The average Bonchev–Trinajstić information content (AvgIpc) is 3.39. The van der Waals surface area contributed by atoms with E-state index in [1.54, 1.807) is 24.7 Å². The Hall–Kier alpha value is -2.14. The number of fused-ring (bicyclic) bond motifs is 1. The molecule has 2 aromatic carbocycles. The Bertz CT molecular complexity index is 1380. The molecule has 0 fully saturated rings. The Morgan fingerprint density at radius 1 is 1.23 bits per heavy atom. The number of carbonyl (C=O) groups is 1. The molecule has 6 nitrogen and oxygen atoms in total. The number of ether oxygens (including phenoxy) is 1. The lowest BCUT2D eigenvalue weighted by Gasteiger charge is -2.09. The average molecular weight is 537 g/mol. The Balaban J connectivity index is 1.78. The molecule has 0 spiro atoms. The number of aromatic nitrogens is 2. The first kappa shape index (κ1) is 22.1. The molecule has 0 saturated heterocycles. The summed E-state index contributed by atoms with van der Waals surface area (Å²) < 4.78 is 34.7. The predicted octanol–water partition coefficient (Wildman–Crippen LogP) is 5.25. The van der Waals surface area contributed by atoms with Crippen LogP contribution in [0.2, 0.25) is 0 Å². The SMILES string of the molecule is COC(=O)c1cc(S(=O)(=O)c2cc(Br)c3c(c2)ncn3Cc2ccccc2)c(SC)s1. The van der Waals surface area contributed by atoms with Crippen molar-refractivity contribution in [2.45, 2.75) is 20.5 Å². The van der Waals surface area contributed by atoms with Gasteiger partial charge in [-0.05, 0) is 45.9 Å². The van der Waals surface area contributed by atoms with Gasteiger partial charge in [0.2, 0.25) is 9.84 Å². The van der Waals surface area contributed by atoms with Crippen LogP contribution in [-0.2, 0) is 21.1 Å². The number of rotatable bonds is 6. The molecule has 0 atom stereocenters. The number of benzene rings is 2. The molecule has 4 aromatic rings. The van der Waals surface area contributed by atoms with Crippen molar-refractivity contribution in [2.24, 2.45) is 0 Å². The number of halogens is 1. The topological polar surface area (TPSA) is 78.3 Å². The van der Waals surface area contributed by atoms with Crippen molar-refractivity contribution >= 4 is 65.9 Å². The normalized spacial score (nSPS) is 11.7. The molecular weight excluding hydrogens is 520 g/mol. The number of sulfone groups is 1. The lowest BCUT2D eigenvalue weighted by atomic mass is 10.2. The summed E-state index contributed by atoms with van der Waals surface area (Å²) in [6, 6.07) is 14.5. The van der Waals surface area contributed by atoms with Gasteiger partial charge in [-0.1, -0.05) is 30.3 Å². The van der Waals surface area contributed by atoms with E-state index in [9.17, 15) is 13.2 Å². The Labute approximate surface area is 196 Å². The van der Waals surface area contributed by atoms with Crippen LogP contribution in [0, 0.1) is 0 Å². The number of thiophene rings is 1. The minimum atomic E-state index is -3.86. The molecule has 0 aliphatic heterocycles. The number of hydrogen-bond acceptors (Lipinski definition) is 7. The van der Waals surface area contributed by atoms with Gasteiger partial charge < -0.3 is 9.30 Å². The lowest BCUT2D eigenvalue weighted by molar-refractivity contribution is 0.0606. The van der Waals surface area contributed by atoms with Gasteiger partial charge in [0.05, 0.1) is 38.5 Å². The lowest BCUT2D eigenvalue weighted by Crippen LogP contribution is -2.04. The van der Waals surface area contributed by atoms with Crippen LogP contribution < -0.4 is 0 Å². The van der Waals surface area contributed by atoms with Crippen LogP contribution in [0.15, 0.2) is 73.3 Å². The minimum absolute atomic E-state index is 0.0976. The number of methoxy groups -OCH3 is 1. The van der Waals surface area contributed by atoms with Crippen molar-refractivity contribution < 1.29 is 17.9 Å². The summed E-state index contributed by atoms with van der Waals surface area (Å²) in [7, 11) is -2.59. The monoisotopic (exact) mass is 536 g/mol. The van der Waals surface area contributed by atoms with Crippen LogP contribution in [0.25, 0.3) is 11.0 Å². The summed E-state index contributed by atoms with van der Waals surface area (Å²) in [5.41, 5.74) is 2.50. The second-order valence-electron chi connectivity index (χ2n) is 6.59. The van der Waals surface area contributed by atoms with E-state index in [4.69, 9.17) is 4.74 Å². The predicted molar refractivity (Wildman–Crippen MR) is 126 cm³/mol. The van der Waals surface area contributed by atoms with Crippen LogP contribution in [0.3, 0.4) is 0 Å². The highest BCUT2D eigenvalue weighted by Crippen LogP contribution is 2.39. The molecule has 2 aromatic heterocycles. The second kappa shape index (κ2) is 8.78. The summed E-state index contributed by atoms with van der Waals surface area (Å²) in [6.07, 6.45) is 3.47. The maximum absolute atomic E-state index is 13.4. The fourth-order valence-electron chi connectivity index (χ4n) is 3.20. The van der Waals surface area contributed by atoms with E-state index in [1.807, 2.05) is 34.9 Å². The fraction of sp³-hybridized carbons (Fsp3) is 0.143. The Morgan fingerprint density at radius 2 is 1.97 bits per heavy atom. The largest absolute Gasteiger partial charge is 0.465 e. The molecule has 160 valence electrons. The van der Waals surface area contributed by atoms with Gasteiger partial charge >= 0.3 is 5.97 Å². The first-order valence-corrected chi connectivity index (χ1v) is 13.4. The highest BCUT2D eigenvalue weighted by molar-refractivity contribution is 9.10. The highest BCUT2D eigenvalue weighted by atomic mass is 79.9. The molecule has 0 radical (unpaired) electrons. The number of hydrogen-bond donors (Lipinski definition) is 0. The van der Waals surface area contributed by atoms with Gasteiger partial charge in [0, 0.05) is 11.0 Å². The molecule has 0 amide bonds. The quantitative estimate of drug-likeness (QED) is 0.247. The number of nitrogens with zero attached hydrogens (tertiary/aromatic N) is 2. The summed E-state index contributed by atoms with van der Waals surface area (Å²) in [5, 5.41) is 0. The molecule has 10 heteroatoms. The van der Waals surface area contributed by atoms with E-state index < -0.39 is 15.8 Å². The molecular formula is C21H17BrN2O4S3. The third-order valence-electron chi connectivity index (χ3n) is 4.67. The highest BCUT2D eigenvalue weighted by Gasteiger charge is 2.27. The van der Waals surface area contributed by atoms with Crippen LogP contribution in [0.1, 0.15) is 15.2 Å². The number of carbonyl (C=O) groups excluding carboxylic acids is 1. The molecule has 0 saturated carbocycles. The third-order valence-corrected chi connectivity index (χ3v) is 9.54. The van der Waals surface area contributed by atoms with Crippen molar-refractivity contribution in [3.05, 3.63) is 69.8 Å². The van der Waals surface area contributed by atoms with E-state index >= 15 is 0 Å². The summed E-state index contributed by atoms with van der Waals surface area (Å²) in [4.78, 5) is 16.8. The van der Waals surface area contributed by atoms with Gasteiger partial charge in [0.25, 0.3) is 0 Å². The van der Waals surface area contributed by atoms with Gasteiger partial charge in [-0.15, -0.1) is 23.1 Å². The van der Waals surface area contributed by atoms with Gasteiger partial charge in [-0.3, -0.25) is 0 Å². The van der Waals surface area contributed by atoms with E-state index in [0.717, 1.165) is 22.4 Å². The van der Waals surface area contributed by atoms with Crippen molar-refractivity contribution in [3.63, 3.8) is 0 Å².